The average molecular weight is 633 g/mol. The second-order valence-corrected chi connectivity index (χ2v) is 11.3. The molecule has 0 spiro atoms. The largest absolute Gasteiger partial charge is 0.494 e. The number of hydrogen-bond acceptors (Lipinski definition) is 8. The van der Waals surface area contributed by atoms with Crippen LogP contribution in [0, 0.1) is 5.41 Å². The smallest absolute Gasteiger partial charge is 0.303 e. The standard InChI is InChI=1S/C35H44N4O7/c1-24(2)39(25(3)4)35(43)30-17-16-29(22-31(30)46-21-9-11-32(40)41)45-20-7-5-6-19-44-28-14-12-26(13-15-28)33(36)38-34(42)27-10-8-18-37-23-27/h8,10,12-18,22-25H,5-7,9,11,19-21H2,1-4H3,(H,40,41)(H2,36,38,42). The number of unbranched alkanes of at least 4 members (excludes halogenated alkanes) is 2. The summed E-state index contributed by atoms with van der Waals surface area (Å²) < 4.78 is 17.6. The highest BCUT2D eigenvalue weighted by Crippen LogP contribution is 2.28. The number of amides is 2. The molecule has 0 fully saturated rings. The number of pyridine rings is 1. The number of aromatic nitrogens is 1. The first kappa shape index (κ1) is 35.5. The molecule has 0 saturated carbocycles. The lowest BCUT2D eigenvalue weighted by molar-refractivity contribution is -0.137. The van der Waals surface area contributed by atoms with Crippen molar-refractivity contribution in [1.29, 1.82) is 5.41 Å². The predicted molar refractivity (Wildman–Crippen MR) is 175 cm³/mol. The van der Waals surface area contributed by atoms with E-state index < -0.39 is 11.9 Å². The van der Waals surface area contributed by atoms with Gasteiger partial charge in [0, 0.05) is 42.5 Å². The number of amidine groups is 1. The van der Waals surface area contributed by atoms with E-state index in [-0.39, 0.29) is 36.9 Å². The molecule has 3 aromatic rings. The molecule has 0 bridgehead atoms. The van der Waals surface area contributed by atoms with Crippen molar-refractivity contribution in [2.24, 2.45) is 0 Å². The van der Waals surface area contributed by atoms with Gasteiger partial charge in [-0.1, -0.05) is 0 Å². The Bertz CT molecular complexity index is 1440. The van der Waals surface area contributed by atoms with Crippen LogP contribution in [0.5, 0.6) is 17.2 Å². The van der Waals surface area contributed by atoms with Gasteiger partial charge >= 0.3 is 5.97 Å². The Kier molecular flexibility index (Phi) is 14.0. The molecule has 1 aromatic heterocycles. The number of nitrogens with one attached hydrogen (secondary N) is 2. The summed E-state index contributed by atoms with van der Waals surface area (Å²) in [5.74, 6) is 0.180. The van der Waals surface area contributed by atoms with Gasteiger partial charge in [-0.05, 0) is 102 Å². The predicted octanol–water partition coefficient (Wildman–Crippen LogP) is 5.97. The minimum absolute atomic E-state index is 0.00114. The summed E-state index contributed by atoms with van der Waals surface area (Å²) in [5, 5.41) is 19.7. The van der Waals surface area contributed by atoms with E-state index >= 15 is 0 Å². The second-order valence-electron chi connectivity index (χ2n) is 11.3. The van der Waals surface area contributed by atoms with E-state index in [2.05, 4.69) is 10.3 Å². The Morgan fingerprint density at radius 3 is 2.07 bits per heavy atom. The molecular formula is C35H44N4O7. The van der Waals surface area contributed by atoms with Crippen LogP contribution < -0.4 is 19.5 Å². The quantitative estimate of drug-likeness (QED) is 0.0882. The summed E-state index contributed by atoms with van der Waals surface area (Å²) in [7, 11) is 0. The van der Waals surface area contributed by atoms with Gasteiger partial charge in [0.15, 0.2) is 0 Å². The normalized spacial score (nSPS) is 10.8. The van der Waals surface area contributed by atoms with E-state index in [0.717, 1.165) is 19.3 Å². The van der Waals surface area contributed by atoms with Gasteiger partial charge in [-0.2, -0.15) is 0 Å². The van der Waals surface area contributed by atoms with E-state index in [4.69, 9.17) is 24.7 Å². The van der Waals surface area contributed by atoms with E-state index in [9.17, 15) is 14.4 Å². The van der Waals surface area contributed by atoms with Crippen molar-refractivity contribution in [3.05, 3.63) is 83.7 Å². The molecule has 2 aromatic carbocycles. The maximum absolute atomic E-state index is 13.4. The van der Waals surface area contributed by atoms with Crippen molar-refractivity contribution in [3.8, 4) is 17.2 Å². The number of hydrogen-bond donors (Lipinski definition) is 3. The van der Waals surface area contributed by atoms with Crippen LogP contribution in [0.15, 0.2) is 67.0 Å². The number of carbonyl (C=O) groups is 3. The van der Waals surface area contributed by atoms with Crippen LogP contribution >= 0.6 is 0 Å². The molecule has 0 atom stereocenters. The van der Waals surface area contributed by atoms with Crippen molar-refractivity contribution in [1.82, 2.24) is 15.2 Å². The van der Waals surface area contributed by atoms with E-state index in [1.165, 1.54) is 6.20 Å². The zero-order valence-electron chi connectivity index (χ0n) is 27.0. The molecule has 3 N–H and O–H groups in total. The van der Waals surface area contributed by atoms with Crippen molar-refractivity contribution < 1.29 is 33.7 Å². The number of rotatable bonds is 18. The zero-order chi connectivity index (χ0) is 33.5. The minimum Gasteiger partial charge on any atom is -0.494 e. The molecule has 246 valence electrons. The Balaban J connectivity index is 1.44. The van der Waals surface area contributed by atoms with E-state index in [1.807, 2.05) is 27.7 Å². The molecule has 0 aliphatic heterocycles. The summed E-state index contributed by atoms with van der Waals surface area (Å²) in [5.41, 5.74) is 1.36. The molecule has 2 amide bonds. The van der Waals surface area contributed by atoms with Crippen LogP contribution in [0.4, 0.5) is 0 Å². The van der Waals surface area contributed by atoms with E-state index in [1.54, 1.807) is 65.7 Å². The van der Waals surface area contributed by atoms with Gasteiger partial charge in [0.25, 0.3) is 11.8 Å². The number of nitrogens with zero attached hydrogens (tertiary/aromatic N) is 2. The highest BCUT2D eigenvalue weighted by Gasteiger charge is 2.25. The number of aliphatic carboxylic acids is 1. The van der Waals surface area contributed by atoms with E-state index in [0.29, 0.717) is 53.6 Å². The molecule has 0 saturated heterocycles. The van der Waals surface area contributed by atoms with Crippen molar-refractivity contribution >= 4 is 23.6 Å². The van der Waals surface area contributed by atoms with Gasteiger partial charge in [0.1, 0.15) is 23.1 Å². The first-order valence-corrected chi connectivity index (χ1v) is 15.5. The van der Waals surface area contributed by atoms with Gasteiger partial charge in [-0.25, -0.2) is 0 Å². The number of carboxylic acids is 1. The average Bonchev–Trinajstić information content (AvgIpc) is 3.03. The highest BCUT2D eigenvalue weighted by molar-refractivity contribution is 6.11. The Morgan fingerprint density at radius 1 is 0.826 bits per heavy atom. The number of carbonyl (C=O) groups excluding carboxylic acids is 2. The summed E-state index contributed by atoms with van der Waals surface area (Å²) in [4.78, 5) is 42.2. The fourth-order valence-corrected chi connectivity index (χ4v) is 4.73. The van der Waals surface area contributed by atoms with Crippen LogP contribution in [0.2, 0.25) is 0 Å². The summed E-state index contributed by atoms with van der Waals surface area (Å²) in [6.07, 6.45) is 5.81. The van der Waals surface area contributed by atoms with Crippen molar-refractivity contribution in [2.45, 2.75) is 71.9 Å². The van der Waals surface area contributed by atoms with Crippen molar-refractivity contribution in [3.63, 3.8) is 0 Å². The fourth-order valence-electron chi connectivity index (χ4n) is 4.73. The van der Waals surface area contributed by atoms with Gasteiger partial charge in [-0.15, -0.1) is 0 Å². The first-order chi connectivity index (χ1) is 22.1. The fraction of sp³-hybridized carbons (Fsp3) is 0.400. The Morgan fingerprint density at radius 2 is 1.46 bits per heavy atom. The zero-order valence-corrected chi connectivity index (χ0v) is 27.0. The lowest BCUT2D eigenvalue weighted by Crippen LogP contribution is -2.42. The molecule has 0 radical (unpaired) electrons. The lowest BCUT2D eigenvalue weighted by Gasteiger charge is -2.31. The molecule has 11 nitrogen and oxygen atoms in total. The third kappa shape index (κ3) is 11.2. The van der Waals surface area contributed by atoms with Gasteiger partial charge in [-0.3, -0.25) is 24.8 Å². The van der Waals surface area contributed by atoms with Crippen LogP contribution in [-0.4, -0.2) is 70.5 Å². The molecule has 0 aliphatic carbocycles. The van der Waals surface area contributed by atoms with Gasteiger partial charge in [0.05, 0.1) is 30.9 Å². The second kappa shape index (κ2) is 18.1. The van der Waals surface area contributed by atoms with Crippen LogP contribution in [0.1, 0.15) is 86.1 Å². The molecule has 1 heterocycles. The maximum atomic E-state index is 13.4. The monoisotopic (exact) mass is 632 g/mol. The summed E-state index contributed by atoms with van der Waals surface area (Å²) in [6.45, 7) is 9.02. The third-order valence-corrected chi connectivity index (χ3v) is 6.95. The Labute approximate surface area is 270 Å². The van der Waals surface area contributed by atoms with Crippen LogP contribution in [0.3, 0.4) is 0 Å². The molecule has 11 heteroatoms. The number of benzene rings is 2. The molecule has 3 rings (SSSR count). The molecule has 46 heavy (non-hydrogen) atoms. The topological polar surface area (TPSA) is 151 Å². The number of ether oxygens (including phenoxy) is 3. The van der Waals surface area contributed by atoms with Gasteiger partial charge in [0.2, 0.25) is 0 Å². The number of carboxylic acid groups (broad SMARTS) is 1. The minimum atomic E-state index is -0.896. The third-order valence-electron chi connectivity index (χ3n) is 6.95. The molecular weight excluding hydrogens is 588 g/mol. The lowest BCUT2D eigenvalue weighted by atomic mass is 10.1. The highest BCUT2D eigenvalue weighted by atomic mass is 16.5. The van der Waals surface area contributed by atoms with Gasteiger partial charge < -0.3 is 29.5 Å². The SMILES string of the molecule is CC(C)N(C(=O)c1ccc(OCCCCCOc2ccc(C(=N)NC(=O)c3cccnc3)cc2)cc1OCCCC(=O)O)C(C)C. The molecule has 0 aliphatic rings. The van der Waals surface area contributed by atoms with Crippen LogP contribution in [0.25, 0.3) is 0 Å². The summed E-state index contributed by atoms with van der Waals surface area (Å²) >= 11 is 0. The Hall–Kier alpha value is -4.93. The maximum Gasteiger partial charge on any atom is 0.303 e. The van der Waals surface area contributed by atoms with Crippen molar-refractivity contribution in [2.75, 3.05) is 19.8 Å². The van der Waals surface area contributed by atoms with Crippen LogP contribution in [-0.2, 0) is 4.79 Å². The molecule has 0 unspecified atom stereocenters. The summed E-state index contributed by atoms with van der Waals surface area (Å²) in [6, 6.07) is 15.4. The first-order valence-electron chi connectivity index (χ1n) is 15.5.